The summed E-state index contributed by atoms with van der Waals surface area (Å²) >= 11 is 1.51. The summed E-state index contributed by atoms with van der Waals surface area (Å²) in [6.45, 7) is 0.463. The lowest BCUT2D eigenvalue weighted by Crippen LogP contribution is -2.23. The van der Waals surface area contributed by atoms with Gasteiger partial charge in [0.1, 0.15) is 12.1 Å². The summed E-state index contributed by atoms with van der Waals surface area (Å²) in [6.07, 6.45) is 1.47. The molecular weight excluding hydrogens is 384 g/mol. The van der Waals surface area contributed by atoms with Crippen molar-refractivity contribution in [2.45, 2.75) is 17.5 Å². The molecule has 0 spiro atoms. The van der Waals surface area contributed by atoms with Crippen molar-refractivity contribution in [2.75, 3.05) is 7.11 Å². The van der Waals surface area contributed by atoms with Crippen LogP contribution in [0.1, 0.15) is 21.5 Å². The Morgan fingerprint density at radius 1 is 1.10 bits per heavy atom. The van der Waals surface area contributed by atoms with Gasteiger partial charge in [-0.1, -0.05) is 48.2 Å². The number of methoxy groups -OCH3 is 1. The minimum absolute atomic E-state index is 0.0893. The molecule has 0 unspecified atom stereocenters. The lowest BCUT2D eigenvalue weighted by Gasteiger charge is -2.10. The van der Waals surface area contributed by atoms with Crippen LogP contribution in [0.15, 0.2) is 72.1 Å². The Labute approximate surface area is 172 Å². The van der Waals surface area contributed by atoms with Crippen molar-refractivity contribution in [3.05, 3.63) is 83.7 Å². The number of carbonyl (C=O) groups excluding carboxylic acids is 1. The van der Waals surface area contributed by atoms with E-state index in [0.29, 0.717) is 17.9 Å². The molecule has 0 aliphatic rings. The van der Waals surface area contributed by atoms with Crippen LogP contribution >= 0.6 is 11.8 Å². The van der Waals surface area contributed by atoms with Gasteiger partial charge in [-0.3, -0.25) is 9.89 Å². The molecule has 0 saturated carbocycles. The highest BCUT2D eigenvalue weighted by Gasteiger charge is 2.12. The maximum Gasteiger partial charge on any atom is 0.251 e. The Balaban J connectivity index is 1.43. The summed E-state index contributed by atoms with van der Waals surface area (Å²) in [6, 6.07) is 19.7. The Morgan fingerprint density at radius 3 is 2.76 bits per heavy atom. The fraction of sp³-hybridized carbons (Fsp3) is 0.136. The van der Waals surface area contributed by atoms with Crippen LogP contribution in [0.25, 0.3) is 10.8 Å². The number of carbonyl (C=O) groups is 1. The van der Waals surface area contributed by atoms with Gasteiger partial charge < -0.3 is 10.1 Å². The number of nitrogens with zero attached hydrogens (tertiary/aromatic N) is 2. The first-order valence-corrected chi connectivity index (χ1v) is 10.1. The summed E-state index contributed by atoms with van der Waals surface area (Å²) < 4.78 is 5.27. The first-order chi connectivity index (χ1) is 14.2. The zero-order chi connectivity index (χ0) is 20.1. The number of ether oxygens (including phenoxy) is 1. The highest BCUT2D eigenvalue weighted by Crippen LogP contribution is 2.23. The van der Waals surface area contributed by atoms with Crippen molar-refractivity contribution in [3.63, 3.8) is 0 Å². The standard InChI is InChI=1S/C22H20N4O2S/c1-28-19-9-8-16-10-15(6-7-17(16)11-19)12-23-21(27)20-5-3-2-4-18(20)13-29-22-24-14-25-26-22/h2-11,14H,12-13H2,1H3,(H,23,27)(H,24,25,26). The predicted octanol–water partition coefficient (Wildman–Crippen LogP) is 4.19. The van der Waals surface area contributed by atoms with Crippen LogP contribution in [-0.2, 0) is 12.3 Å². The van der Waals surface area contributed by atoms with Crippen molar-refractivity contribution in [1.82, 2.24) is 20.5 Å². The number of hydrogen-bond donors (Lipinski definition) is 2. The van der Waals surface area contributed by atoms with Gasteiger partial charge in [0.2, 0.25) is 0 Å². The second-order valence-electron chi connectivity index (χ2n) is 6.47. The van der Waals surface area contributed by atoms with Crippen molar-refractivity contribution in [3.8, 4) is 5.75 Å². The van der Waals surface area contributed by atoms with E-state index in [9.17, 15) is 4.79 Å². The molecule has 0 saturated heterocycles. The monoisotopic (exact) mass is 404 g/mol. The number of amides is 1. The molecule has 1 heterocycles. The zero-order valence-corrected chi connectivity index (χ0v) is 16.7. The third kappa shape index (κ3) is 4.57. The van der Waals surface area contributed by atoms with E-state index < -0.39 is 0 Å². The molecule has 0 atom stereocenters. The number of aromatic amines is 1. The van der Waals surface area contributed by atoms with Gasteiger partial charge in [0.25, 0.3) is 5.91 Å². The van der Waals surface area contributed by atoms with E-state index in [1.165, 1.54) is 18.1 Å². The first-order valence-electron chi connectivity index (χ1n) is 9.14. The molecule has 6 nitrogen and oxygen atoms in total. The number of thioether (sulfide) groups is 1. The van der Waals surface area contributed by atoms with Gasteiger partial charge in [-0.25, -0.2) is 4.98 Å². The molecule has 1 aromatic heterocycles. The van der Waals surface area contributed by atoms with Crippen LogP contribution < -0.4 is 10.1 Å². The SMILES string of the molecule is COc1ccc2cc(CNC(=O)c3ccccc3CSc3ncn[nH]3)ccc2c1. The van der Waals surface area contributed by atoms with Crippen LogP contribution in [0.3, 0.4) is 0 Å². The summed E-state index contributed by atoms with van der Waals surface area (Å²) in [7, 11) is 1.66. The fourth-order valence-corrected chi connectivity index (χ4v) is 3.85. The molecule has 4 rings (SSSR count). The molecule has 7 heteroatoms. The molecule has 29 heavy (non-hydrogen) atoms. The van der Waals surface area contributed by atoms with Gasteiger partial charge in [-0.15, -0.1) is 0 Å². The number of aromatic nitrogens is 3. The van der Waals surface area contributed by atoms with Gasteiger partial charge in [-0.2, -0.15) is 5.10 Å². The molecule has 3 aromatic carbocycles. The predicted molar refractivity (Wildman–Crippen MR) is 114 cm³/mol. The Kier molecular flexibility index (Phi) is 5.76. The quantitative estimate of drug-likeness (QED) is 0.452. The minimum Gasteiger partial charge on any atom is -0.497 e. The van der Waals surface area contributed by atoms with Crippen LogP contribution in [-0.4, -0.2) is 28.2 Å². The Bertz CT molecular complexity index is 1130. The van der Waals surface area contributed by atoms with Gasteiger partial charge in [-0.05, 0) is 46.2 Å². The van der Waals surface area contributed by atoms with E-state index in [4.69, 9.17) is 4.74 Å². The molecule has 0 bridgehead atoms. The lowest BCUT2D eigenvalue weighted by atomic mass is 10.1. The van der Waals surface area contributed by atoms with Gasteiger partial charge in [0, 0.05) is 17.9 Å². The Morgan fingerprint density at radius 2 is 1.93 bits per heavy atom. The second kappa shape index (κ2) is 8.79. The van der Waals surface area contributed by atoms with Crippen LogP contribution in [0.4, 0.5) is 0 Å². The Hall–Kier alpha value is -3.32. The average Bonchev–Trinajstić information content (AvgIpc) is 3.29. The fourth-order valence-electron chi connectivity index (χ4n) is 3.07. The van der Waals surface area contributed by atoms with E-state index in [-0.39, 0.29) is 5.91 Å². The lowest BCUT2D eigenvalue weighted by molar-refractivity contribution is 0.0950. The molecule has 0 fully saturated rings. The minimum atomic E-state index is -0.0893. The van der Waals surface area contributed by atoms with E-state index in [1.807, 2.05) is 54.6 Å². The molecule has 146 valence electrons. The number of benzene rings is 3. The highest BCUT2D eigenvalue weighted by molar-refractivity contribution is 7.98. The summed E-state index contributed by atoms with van der Waals surface area (Å²) in [5.41, 5.74) is 2.67. The summed E-state index contributed by atoms with van der Waals surface area (Å²) in [5.74, 6) is 1.38. The maximum atomic E-state index is 12.8. The van der Waals surface area contributed by atoms with E-state index in [0.717, 1.165) is 32.8 Å². The first kappa shape index (κ1) is 19.0. The largest absolute Gasteiger partial charge is 0.497 e. The molecule has 0 radical (unpaired) electrons. The van der Waals surface area contributed by atoms with Gasteiger partial charge >= 0.3 is 0 Å². The number of rotatable bonds is 7. The smallest absolute Gasteiger partial charge is 0.251 e. The number of nitrogens with one attached hydrogen (secondary N) is 2. The third-order valence-corrected chi connectivity index (χ3v) is 5.51. The van der Waals surface area contributed by atoms with Gasteiger partial charge in [0.15, 0.2) is 5.16 Å². The molecule has 0 aliphatic carbocycles. The van der Waals surface area contributed by atoms with Crippen LogP contribution in [0.5, 0.6) is 5.75 Å². The normalized spacial score (nSPS) is 10.8. The number of H-pyrrole nitrogens is 1. The summed E-state index contributed by atoms with van der Waals surface area (Å²) in [4.78, 5) is 16.9. The highest BCUT2D eigenvalue weighted by atomic mass is 32.2. The van der Waals surface area contributed by atoms with Crippen molar-refractivity contribution in [1.29, 1.82) is 0 Å². The zero-order valence-electron chi connectivity index (χ0n) is 15.9. The average molecular weight is 404 g/mol. The van der Waals surface area contributed by atoms with Gasteiger partial charge in [0.05, 0.1) is 7.11 Å². The summed E-state index contributed by atoms with van der Waals surface area (Å²) in [5, 5.41) is 12.6. The van der Waals surface area contributed by atoms with E-state index in [2.05, 4.69) is 26.6 Å². The van der Waals surface area contributed by atoms with Crippen molar-refractivity contribution in [2.24, 2.45) is 0 Å². The molecule has 2 N–H and O–H groups in total. The van der Waals surface area contributed by atoms with E-state index in [1.54, 1.807) is 7.11 Å². The third-order valence-electron chi connectivity index (χ3n) is 4.58. The molecule has 4 aromatic rings. The van der Waals surface area contributed by atoms with E-state index >= 15 is 0 Å². The second-order valence-corrected chi connectivity index (χ2v) is 7.43. The molecule has 1 amide bonds. The molecule has 0 aliphatic heterocycles. The number of fused-ring (bicyclic) bond motifs is 1. The topological polar surface area (TPSA) is 79.9 Å². The molecular formula is C22H20N4O2S. The maximum absolute atomic E-state index is 12.8. The van der Waals surface area contributed by atoms with Crippen molar-refractivity contribution >= 4 is 28.4 Å². The van der Waals surface area contributed by atoms with Crippen LogP contribution in [0.2, 0.25) is 0 Å². The van der Waals surface area contributed by atoms with Crippen LogP contribution in [0, 0.1) is 0 Å². The number of hydrogen-bond acceptors (Lipinski definition) is 5. The van der Waals surface area contributed by atoms with Crippen molar-refractivity contribution < 1.29 is 9.53 Å².